The van der Waals surface area contributed by atoms with Gasteiger partial charge in [-0.1, -0.05) is 60.7 Å². The summed E-state index contributed by atoms with van der Waals surface area (Å²) >= 11 is 0. The van der Waals surface area contributed by atoms with Crippen molar-refractivity contribution in [3.05, 3.63) is 135 Å². The van der Waals surface area contributed by atoms with Crippen LogP contribution in [0.15, 0.2) is 95.8 Å². The zero-order chi connectivity index (χ0) is 39.5. The van der Waals surface area contributed by atoms with Gasteiger partial charge in [-0.3, -0.25) is 19.3 Å². The third kappa shape index (κ3) is 8.80. The summed E-state index contributed by atoms with van der Waals surface area (Å²) in [5.41, 5.74) is 2.00. The number of ether oxygens (including phenoxy) is 1. The lowest BCUT2D eigenvalue weighted by molar-refractivity contribution is -0.155. The van der Waals surface area contributed by atoms with E-state index in [4.69, 9.17) is 4.74 Å². The lowest BCUT2D eigenvalue weighted by Crippen LogP contribution is -2.56. The molecule has 0 N–H and O–H groups in total. The molecule has 1 aliphatic heterocycles. The number of fused-ring (bicyclic) bond motifs is 1. The molecule has 1 saturated heterocycles. The summed E-state index contributed by atoms with van der Waals surface area (Å²) in [5, 5.41) is 0.365. The molecule has 55 heavy (non-hydrogen) atoms. The minimum Gasteiger partial charge on any atom is -0.468 e. The Balaban J connectivity index is 1.30. The zero-order valence-electron chi connectivity index (χ0n) is 31.3. The molecule has 1 aliphatic rings. The number of benzene rings is 4. The number of aromatic nitrogens is 2. The van der Waals surface area contributed by atoms with E-state index in [1.165, 1.54) is 25.3 Å². The first-order valence-corrected chi connectivity index (χ1v) is 18.3. The highest BCUT2D eigenvalue weighted by Gasteiger charge is 2.39. The minimum atomic E-state index is -4.43. The maximum absolute atomic E-state index is 14.8. The molecule has 4 aromatic carbocycles. The number of hydrogen-bond donors (Lipinski definition) is 0. The molecular weight excluding hydrogens is 712 g/mol. The number of esters is 1. The summed E-state index contributed by atoms with van der Waals surface area (Å²) in [5.74, 6) is -0.533. The van der Waals surface area contributed by atoms with Crippen molar-refractivity contribution in [3.63, 3.8) is 0 Å². The third-order valence-corrected chi connectivity index (χ3v) is 10.6. The van der Waals surface area contributed by atoms with E-state index < -0.39 is 22.8 Å². The van der Waals surface area contributed by atoms with Gasteiger partial charge in [-0.25, -0.2) is 4.39 Å². The van der Waals surface area contributed by atoms with Gasteiger partial charge in [-0.05, 0) is 98.2 Å². The second-order valence-electron chi connectivity index (χ2n) is 14.6. The minimum absolute atomic E-state index is 0.128. The summed E-state index contributed by atoms with van der Waals surface area (Å²) in [6, 6.07) is 24.1. The van der Waals surface area contributed by atoms with Crippen LogP contribution in [-0.2, 0) is 46.4 Å². The van der Waals surface area contributed by atoms with Crippen LogP contribution >= 0.6 is 0 Å². The fourth-order valence-electron chi connectivity index (χ4n) is 7.35. The smallest absolute Gasteiger partial charge is 0.416 e. The Labute approximate surface area is 317 Å². The molecule has 8 nitrogen and oxygen atoms in total. The number of aryl methyl sites for hydroxylation is 3. The van der Waals surface area contributed by atoms with Gasteiger partial charge >= 0.3 is 12.1 Å². The summed E-state index contributed by atoms with van der Waals surface area (Å²) in [6.45, 7) is 6.64. The van der Waals surface area contributed by atoms with Gasteiger partial charge in [0.15, 0.2) is 0 Å². The molecule has 5 aromatic rings. The molecule has 1 aromatic heterocycles. The predicted molar refractivity (Wildman–Crippen MR) is 203 cm³/mol. The highest BCUT2D eigenvalue weighted by Crippen LogP contribution is 2.32. The zero-order valence-corrected chi connectivity index (χ0v) is 31.3. The number of rotatable bonds is 11. The summed E-state index contributed by atoms with van der Waals surface area (Å²) in [4.78, 5) is 48.7. The highest BCUT2D eigenvalue weighted by atomic mass is 19.4. The molecule has 0 unspecified atom stereocenters. The van der Waals surface area contributed by atoms with Crippen LogP contribution in [0, 0.1) is 12.7 Å². The molecule has 12 heteroatoms. The van der Waals surface area contributed by atoms with E-state index in [0.717, 1.165) is 28.8 Å². The van der Waals surface area contributed by atoms with Crippen molar-refractivity contribution >= 4 is 22.8 Å². The Morgan fingerprint density at radius 2 is 1.53 bits per heavy atom. The monoisotopic (exact) mass is 756 g/mol. The number of para-hydroxylation sites is 1. The van der Waals surface area contributed by atoms with Gasteiger partial charge < -0.3 is 14.2 Å². The number of carbonyl (C=O) groups excluding carboxylic acids is 2. The van der Waals surface area contributed by atoms with Gasteiger partial charge in [0.25, 0.3) is 5.56 Å². The first-order valence-electron chi connectivity index (χ1n) is 18.3. The highest BCUT2D eigenvalue weighted by molar-refractivity contribution is 5.82. The van der Waals surface area contributed by atoms with E-state index in [1.54, 1.807) is 34.9 Å². The topological polar surface area (TPSA) is 84.7 Å². The fourth-order valence-corrected chi connectivity index (χ4v) is 7.35. The van der Waals surface area contributed by atoms with Crippen LogP contribution in [-0.4, -0.2) is 63.0 Å². The summed E-state index contributed by atoms with van der Waals surface area (Å²) in [6.07, 6.45) is -2.77. The molecule has 0 saturated carbocycles. The number of nitrogens with zero attached hydrogens (tertiary/aromatic N) is 4. The average Bonchev–Trinajstić information content (AvgIpc) is 3.17. The summed E-state index contributed by atoms with van der Waals surface area (Å²) in [7, 11) is 1.36. The summed E-state index contributed by atoms with van der Waals surface area (Å²) < 4.78 is 61.1. The van der Waals surface area contributed by atoms with Crippen LogP contribution < -0.4 is 5.56 Å². The van der Waals surface area contributed by atoms with E-state index in [9.17, 15) is 31.9 Å². The Morgan fingerprint density at radius 1 is 0.891 bits per heavy atom. The van der Waals surface area contributed by atoms with Gasteiger partial charge in [0.2, 0.25) is 5.91 Å². The lowest BCUT2D eigenvalue weighted by atomic mass is 9.95. The number of halogens is 4. The SMILES string of the molecule is COC(=O)C(C)(C)N1CCC(N(Cc2ccc(-c3ccc(C(F)(F)F)cc3)cc2)C(=O)Cn2c(CCc3ccc(C)cc3F)nc(=O)c3ccccc32)CC1. The normalized spacial score (nSPS) is 14.3. The molecule has 1 fully saturated rings. The van der Waals surface area contributed by atoms with Crippen molar-refractivity contribution < 1.29 is 31.9 Å². The number of amides is 1. The van der Waals surface area contributed by atoms with Gasteiger partial charge in [0, 0.05) is 32.1 Å². The second kappa shape index (κ2) is 16.2. The van der Waals surface area contributed by atoms with Crippen LogP contribution in [0.1, 0.15) is 54.8 Å². The largest absolute Gasteiger partial charge is 0.468 e. The molecule has 0 atom stereocenters. The molecule has 1 amide bonds. The quantitative estimate of drug-likeness (QED) is 0.101. The number of methoxy groups -OCH3 is 1. The Bertz CT molecular complexity index is 2230. The van der Waals surface area contributed by atoms with Crippen LogP contribution in [0.5, 0.6) is 0 Å². The van der Waals surface area contributed by atoms with Gasteiger partial charge in [0.1, 0.15) is 23.7 Å². The average molecular weight is 757 g/mol. The fraction of sp³-hybridized carbons (Fsp3) is 0.349. The first-order chi connectivity index (χ1) is 26.1. The van der Waals surface area contributed by atoms with Gasteiger partial charge in [-0.2, -0.15) is 18.2 Å². The van der Waals surface area contributed by atoms with E-state index >= 15 is 0 Å². The molecule has 0 radical (unpaired) electrons. The van der Waals surface area contributed by atoms with Gasteiger partial charge in [0.05, 0.1) is 23.6 Å². The second-order valence-corrected chi connectivity index (χ2v) is 14.6. The number of likely N-dealkylation sites (tertiary alicyclic amines) is 1. The van der Waals surface area contributed by atoms with Crippen LogP contribution in [0.25, 0.3) is 22.0 Å². The molecular formula is C43H44F4N4O4. The standard InChI is InChI=1S/C43H44F4N4O4/c1-28-9-12-32(36(44)25-28)17-20-38-48-40(53)35-7-5-6-8-37(35)51(38)27-39(52)50(34-21-23-49(24-22-34)42(2,3)41(54)55-4)26-29-10-13-30(14-11-29)31-15-18-33(19-16-31)43(45,46)47/h5-16,18-19,25,34H,17,20-24,26-27H2,1-4H3. The number of alkyl halides is 3. The number of carbonyl (C=O) groups is 2. The van der Waals surface area contributed by atoms with Crippen molar-refractivity contribution in [2.24, 2.45) is 0 Å². The number of piperidine rings is 1. The van der Waals surface area contributed by atoms with Crippen molar-refractivity contribution in [3.8, 4) is 11.1 Å². The van der Waals surface area contributed by atoms with Gasteiger partial charge in [-0.15, -0.1) is 0 Å². The maximum Gasteiger partial charge on any atom is 0.416 e. The third-order valence-electron chi connectivity index (χ3n) is 10.6. The van der Waals surface area contributed by atoms with E-state index in [0.29, 0.717) is 53.8 Å². The molecule has 0 spiro atoms. The molecule has 0 aliphatic carbocycles. The van der Waals surface area contributed by atoms with Crippen molar-refractivity contribution in [1.29, 1.82) is 0 Å². The van der Waals surface area contributed by atoms with E-state index in [2.05, 4.69) is 9.88 Å². The Hall–Kier alpha value is -5.36. The van der Waals surface area contributed by atoms with Crippen LogP contribution in [0.2, 0.25) is 0 Å². The lowest BCUT2D eigenvalue weighted by Gasteiger charge is -2.44. The predicted octanol–water partition coefficient (Wildman–Crippen LogP) is 7.76. The van der Waals surface area contributed by atoms with Crippen LogP contribution in [0.4, 0.5) is 17.6 Å². The molecule has 0 bridgehead atoms. The molecule has 288 valence electrons. The molecule has 6 rings (SSSR count). The Morgan fingerprint density at radius 3 is 2.15 bits per heavy atom. The van der Waals surface area contributed by atoms with E-state index in [-0.39, 0.29) is 49.7 Å². The van der Waals surface area contributed by atoms with Crippen molar-refractivity contribution in [2.75, 3.05) is 20.2 Å². The maximum atomic E-state index is 14.8. The van der Waals surface area contributed by atoms with Crippen molar-refractivity contribution in [1.82, 2.24) is 19.4 Å². The Kier molecular flexibility index (Phi) is 11.6. The van der Waals surface area contributed by atoms with Crippen LogP contribution in [0.3, 0.4) is 0 Å². The molecule has 2 heterocycles. The number of hydrogen-bond acceptors (Lipinski definition) is 6. The first kappa shape index (κ1) is 39.3. The van der Waals surface area contributed by atoms with E-state index in [1.807, 2.05) is 56.0 Å². The van der Waals surface area contributed by atoms with Crippen molar-refractivity contribution in [2.45, 2.75) is 77.3 Å².